The van der Waals surface area contributed by atoms with Crippen molar-refractivity contribution < 1.29 is 9.32 Å². The number of benzene rings is 1. The van der Waals surface area contributed by atoms with Crippen LogP contribution in [0.1, 0.15) is 35.7 Å². The van der Waals surface area contributed by atoms with E-state index in [2.05, 4.69) is 15.5 Å². The van der Waals surface area contributed by atoms with Gasteiger partial charge in [-0.1, -0.05) is 35.0 Å². The minimum absolute atomic E-state index is 0.0673. The second-order valence-electron chi connectivity index (χ2n) is 6.88. The molecular weight excluding hydrogens is 344 g/mol. The van der Waals surface area contributed by atoms with Gasteiger partial charge in [0.25, 0.3) is 11.4 Å². The van der Waals surface area contributed by atoms with Gasteiger partial charge in [-0.05, 0) is 31.4 Å². The van der Waals surface area contributed by atoms with Crippen LogP contribution in [0.25, 0.3) is 11.5 Å². The Kier molecular flexibility index (Phi) is 4.58. The Bertz CT molecular complexity index is 1020. The molecule has 2 aromatic heterocycles. The van der Waals surface area contributed by atoms with Gasteiger partial charge in [-0.15, -0.1) is 0 Å². The molecule has 0 radical (unpaired) electrons. The molecule has 1 amide bonds. The zero-order valence-corrected chi connectivity index (χ0v) is 15.0. The Balaban J connectivity index is 1.43. The van der Waals surface area contributed by atoms with Crippen LogP contribution in [0.15, 0.2) is 51.9 Å². The van der Waals surface area contributed by atoms with Crippen LogP contribution in [0.3, 0.4) is 0 Å². The van der Waals surface area contributed by atoms with Gasteiger partial charge < -0.3 is 14.4 Å². The fourth-order valence-electron chi connectivity index (χ4n) is 2.76. The summed E-state index contributed by atoms with van der Waals surface area (Å²) in [6.45, 7) is 2.36. The molecule has 0 unspecified atom stereocenters. The highest BCUT2D eigenvalue weighted by Crippen LogP contribution is 2.38. The molecule has 0 bridgehead atoms. The molecular formula is C20H20N4O3. The maximum atomic E-state index is 12.2. The van der Waals surface area contributed by atoms with Crippen LogP contribution >= 0.6 is 0 Å². The number of carbonyl (C=O) groups is 1. The van der Waals surface area contributed by atoms with Gasteiger partial charge in [0.2, 0.25) is 5.91 Å². The number of aromatic nitrogens is 3. The van der Waals surface area contributed by atoms with E-state index in [1.54, 1.807) is 12.3 Å². The standard InChI is InChI=1S/C20H20N4O3/c1-13-2-4-14(5-3-13)10-21-17(25)12-24-11-16(8-9-18(24)26)20-22-19(23-27-20)15-6-7-15/h2-5,8-9,11,15H,6-7,10,12H2,1H3,(H,21,25). The molecule has 1 aromatic carbocycles. The zero-order valence-electron chi connectivity index (χ0n) is 15.0. The second-order valence-corrected chi connectivity index (χ2v) is 6.88. The van der Waals surface area contributed by atoms with Gasteiger partial charge >= 0.3 is 0 Å². The maximum absolute atomic E-state index is 12.2. The molecule has 27 heavy (non-hydrogen) atoms. The van der Waals surface area contributed by atoms with Crippen LogP contribution in [0.5, 0.6) is 0 Å². The van der Waals surface area contributed by atoms with Crippen molar-refractivity contribution in [3.63, 3.8) is 0 Å². The van der Waals surface area contributed by atoms with Gasteiger partial charge in [0.1, 0.15) is 6.54 Å². The lowest BCUT2D eigenvalue weighted by atomic mass is 10.1. The molecule has 0 aliphatic heterocycles. The van der Waals surface area contributed by atoms with E-state index >= 15 is 0 Å². The first-order valence-electron chi connectivity index (χ1n) is 8.95. The first-order chi connectivity index (χ1) is 13.1. The molecule has 1 saturated carbocycles. The summed E-state index contributed by atoms with van der Waals surface area (Å²) < 4.78 is 6.64. The van der Waals surface area contributed by atoms with Crippen LogP contribution in [-0.2, 0) is 17.9 Å². The molecule has 7 nitrogen and oxygen atoms in total. The summed E-state index contributed by atoms with van der Waals surface area (Å²) in [6, 6.07) is 11.0. The Morgan fingerprint density at radius 1 is 1.22 bits per heavy atom. The van der Waals surface area contributed by atoms with E-state index in [0.717, 1.165) is 18.4 Å². The van der Waals surface area contributed by atoms with Crippen molar-refractivity contribution in [2.24, 2.45) is 0 Å². The molecule has 4 rings (SSSR count). The smallest absolute Gasteiger partial charge is 0.259 e. The van der Waals surface area contributed by atoms with Crippen LogP contribution < -0.4 is 10.9 Å². The summed E-state index contributed by atoms with van der Waals surface area (Å²) in [5.74, 6) is 1.23. The van der Waals surface area contributed by atoms with E-state index in [4.69, 9.17) is 4.52 Å². The highest BCUT2D eigenvalue weighted by atomic mass is 16.5. The predicted octanol–water partition coefficient (Wildman–Crippen LogP) is 2.40. The van der Waals surface area contributed by atoms with E-state index in [9.17, 15) is 9.59 Å². The first kappa shape index (κ1) is 17.2. The summed E-state index contributed by atoms with van der Waals surface area (Å²) in [5.41, 5.74) is 2.54. The van der Waals surface area contributed by atoms with E-state index in [1.165, 1.54) is 16.2 Å². The fourth-order valence-corrected chi connectivity index (χ4v) is 2.76. The third kappa shape index (κ3) is 4.13. The van der Waals surface area contributed by atoms with Gasteiger partial charge in [0, 0.05) is 24.7 Å². The number of amides is 1. The zero-order chi connectivity index (χ0) is 18.8. The lowest BCUT2D eigenvalue weighted by Crippen LogP contribution is -2.31. The monoisotopic (exact) mass is 364 g/mol. The number of hydrogen-bond donors (Lipinski definition) is 1. The number of nitrogens with zero attached hydrogens (tertiary/aromatic N) is 3. The normalized spacial score (nSPS) is 13.5. The number of rotatable bonds is 6. The quantitative estimate of drug-likeness (QED) is 0.725. The molecule has 2 heterocycles. The number of carbonyl (C=O) groups excluding carboxylic acids is 1. The predicted molar refractivity (Wildman–Crippen MR) is 99.0 cm³/mol. The lowest BCUT2D eigenvalue weighted by Gasteiger charge is -2.08. The van der Waals surface area contributed by atoms with E-state index in [-0.39, 0.29) is 18.0 Å². The molecule has 1 aliphatic rings. The Hall–Kier alpha value is -3.22. The molecule has 1 N–H and O–H groups in total. The van der Waals surface area contributed by atoms with Crippen LogP contribution in [0.2, 0.25) is 0 Å². The third-order valence-electron chi connectivity index (χ3n) is 4.54. The third-order valence-corrected chi connectivity index (χ3v) is 4.54. The van der Waals surface area contributed by atoms with Crippen molar-refractivity contribution in [3.05, 3.63) is 69.9 Å². The van der Waals surface area contributed by atoms with E-state index in [0.29, 0.717) is 29.7 Å². The summed E-state index contributed by atoms with van der Waals surface area (Å²) in [4.78, 5) is 28.7. The molecule has 138 valence electrons. The van der Waals surface area contributed by atoms with E-state index < -0.39 is 0 Å². The fraction of sp³-hybridized carbons (Fsp3) is 0.300. The Morgan fingerprint density at radius 3 is 2.74 bits per heavy atom. The van der Waals surface area contributed by atoms with Gasteiger partial charge in [-0.3, -0.25) is 9.59 Å². The van der Waals surface area contributed by atoms with Gasteiger partial charge in [-0.2, -0.15) is 4.98 Å². The minimum atomic E-state index is -0.258. The summed E-state index contributed by atoms with van der Waals surface area (Å²) in [7, 11) is 0. The minimum Gasteiger partial charge on any atom is -0.350 e. The molecule has 0 spiro atoms. The van der Waals surface area contributed by atoms with Crippen molar-refractivity contribution in [1.82, 2.24) is 20.0 Å². The van der Waals surface area contributed by atoms with Gasteiger partial charge in [0.15, 0.2) is 5.82 Å². The topological polar surface area (TPSA) is 90.0 Å². The molecule has 7 heteroatoms. The highest BCUT2D eigenvalue weighted by Gasteiger charge is 2.29. The molecule has 0 atom stereocenters. The van der Waals surface area contributed by atoms with Crippen molar-refractivity contribution >= 4 is 5.91 Å². The summed E-state index contributed by atoms with van der Waals surface area (Å²) >= 11 is 0. The van der Waals surface area contributed by atoms with Crippen molar-refractivity contribution in [3.8, 4) is 11.5 Å². The number of pyridine rings is 1. The Labute approximate surface area is 156 Å². The molecule has 1 fully saturated rings. The average Bonchev–Trinajstić information content (AvgIpc) is 3.40. The molecule has 3 aromatic rings. The number of aryl methyl sites for hydroxylation is 1. The largest absolute Gasteiger partial charge is 0.350 e. The van der Waals surface area contributed by atoms with Crippen molar-refractivity contribution in [2.75, 3.05) is 0 Å². The summed E-state index contributed by atoms with van der Waals surface area (Å²) in [5, 5.41) is 6.81. The van der Waals surface area contributed by atoms with Gasteiger partial charge in [-0.25, -0.2) is 0 Å². The first-order valence-corrected chi connectivity index (χ1v) is 8.95. The molecule has 0 saturated heterocycles. The Morgan fingerprint density at radius 2 is 2.00 bits per heavy atom. The number of nitrogens with one attached hydrogen (secondary N) is 1. The summed E-state index contributed by atoms with van der Waals surface area (Å²) in [6.07, 6.45) is 3.75. The van der Waals surface area contributed by atoms with Crippen LogP contribution in [-0.4, -0.2) is 20.6 Å². The van der Waals surface area contributed by atoms with Crippen molar-refractivity contribution in [1.29, 1.82) is 0 Å². The maximum Gasteiger partial charge on any atom is 0.259 e. The van der Waals surface area contributed by atoms with E-state index in [1.807, 2.05) is 31.2 Å². The average molecular weight is 364 g/mol. The second kappa shape index (κ2) is 7.19. The highest BCUT2D eigenvalue weighted by molar-refractivity contribution is 5.75. The van der Waals surface area contributed by atoms with Gasteiger partial charge in [0.05, 0.1) is 5.56 Å². The van der Waals surface area contributed by atoms with Crippen LogP contribution in [0.4, 0.5) is 0 Å². The number of hydrogen-bond acceptors (Lipinski definition) is 5. The van der Waals surface area contributed by atoms with Crippen molar-refractivity contribution in [2.45, 2.75) is 38.8 Å². The lowest BCUT2D eigenvalue weighted by molar-refractivity contribution is -0.121. The SMILES string of the molecule is Cc1ccc(CNC(=O)Cn2cc(-c3nc(C4CC4)no3)ccc2=O)cc1. The van der Waals surface area contributed by atoms with Crippen LogP contribution in [0, 0.1) is 6.92 Å². The molecule has 1 aliphatic carbocycles.